The summed E-state index contributed by atoms with van der Waals surface area (Å²) in [7, 11) is 0. The molecule has 1 aromatic rings. The van der Waals surface area contributed by atoms with Crippen LogP contribution in [0, 0.1) is 12.7 Å². The van der Waals surface area contributed by atoms with Gasteiger partial charge in [-0.2, -0.15) is 11.8 Å². The van der Waals surface area contributed by atoms with E-state index in [9.17, 15) is 4.39 Å². The summed E-state index contributed by atoms with van der Waals surface area (Å²) in [6, 6.07) is 3.87. The third-order valence-electron chi connectivity index (χ3n) is 3.22. The molecule has 17 heavy (non-hydrogen) atoms. The summed E-state index contributed by atoms with van der Waals surface area (Å²) in [6.45, 7) is 4.25. The molecule has 1 heterocycles. The second kappa shape index (κ2) is 5.61. The van der Waals surface area contributed by atoms with Crippen molar-refractivity contribution in [2.45, 2.75) is 38.0 Å². The van der Waals surface area contributed by atoms with E-state index in [1.807, 2.05) is 24.8 Å². The molecule has 2 unspecified atom stereocenters. The van der Waals surface area contributed by atoms with E-state index in [-0.39, 0.29) is 5.82 Å². The molecule has 94 valence electrons. The van der Waals surface area contributed by atoms with Gasteiger partial charge in [0.1, 0.15) is 5.82 Å². The summed E-state index contributed by atoms with van der Waals surface area (Å²) >= 11 is 5.20. The van der Waals surface area contributed by atoms with Crippen LogP contribution < -0.4 is 5.32 Å². The molecule has 2 rings (SSSR count). The Morgan fingerprint density at radius 2 is 2.24 bits per heavy atom. The zero-order valence-electron chi connectivity index (χ0n) is 10.1. The lowest BCUT2D eigenvalue weighted by Gasteiger charge is -2.30. The molecule has 2 atom stereocenters. The van der Waals surface area contributed by atoms with Crippen LogP contribution in [0.5, 0.6) is 0 Å². The van der Waals surface area contributed by atoms with Gasteiger partial charge in [-0.15, -0.1) is 0 Å². The zero-order valence-corrected chi connectivity index (χ0v) is 12.5. The second-order valence-electron chi connectivity index (χ2n) is 4.55. The summed E-state index contributed by atoms with van der Waals surface area (Å²) < 4.78 is 14.1. The number of hydrogen-bond donors (Lipinski definition) is 1. The molecule has 4 heteroatoms. The average Bonchev–Trinajstić information content (AvgIpc) is 2.29. The molecule has 0 spiro atoms. The maximum absolute atomic E-state index is 13.5. The Morgan fingerprint density at radius 1 is 1.47 bits per heavy atom. The van der Waals surface area contributed by atoms with Crippen LogP contribution in [0.3, 0.4) is 0 Å². The fourth-order valence-corrected chi connectivity index (χ4v) is 3.71. The molecule has 1 nitrogen and oxygen atoms in total. The minimum Gasteiger partial charge on any atom is -0.381 e. The van der Waals surface area contributed by atoms with Gasteiger partial charge in [-0.3, -0.25) is 0 Å². The minimum absolute atomic E-state index is 0.200. The fraction of sp³-hybridized carbons (Fsp3) is 0.538. The highest BCUT2D eigenvalue weighted by atomic mass is 79.9. The van der Waals surface area contributed by atoms with Crippen molar-refractivity contribution >= 4 is 33.4 Å². The van der Waals surface area contributed by atoms with E-state index in [4.69, 9.17) is 0 Å². The maximum Gasteiger partial charge on any atom is 0.139 e. The van der Waals surface area contributed by atoms with Gasteiger partial charge in [0.05, 0.1) is 4.47 Å². The van der Waals surface area contributed by atoms with Crippen molar-refractivity contribution < 1.29 is 4.39 Å². The monoisotopic (exact) mass is 317 g/mol. The number of halogens is 2. The standard InChI is InChI=1S/C13H17BrFNS/c1-8-6-10(14)11(15)7-13(8)16-12-4-3-5-17-9(12)2/h6-7,9,12,16H,3-5H2,1-2H3. The number of benzene rings is 1. The summed E-state index contributed by atoms with van der Waals surface area (Å²) in [5, 5.41) is 4.08. The minimum atomic E-state index is -0.200. The Morgan fingerprint density at radius 3 is 2.94 bits per heavy atom. The molecule has 0 aliphatic carbocycles. The molecule has 1 saturated heterocycles. The van der Waals surface area contributed by atoms with E-state index >= 15 is 0 Å². The molecule has 0 saturated carbocycles. The number of aryl methyl sites for hydroxylation is 1. The average molecular weight is 318 g/mol. The zero-order chi connectivity index (χ0) is 12.4. The molecule has 1 aliphatic heterocycles. The molecule has 0 bridgehead atoms. The van der Waals surface area contributed by atoms with Crippen LogP contribution in [-0.2, 0) is 0 Å². The molecule has 1 fully saturated rings. The van der Waals surface area contributed by atoms with Crippen LogP contribution in [0.1, 0.15) is 25.3 Å². The number of rotatable bonds is 2. The van der Waals surface area contributed by atoms with Gasteiger partial charge < -0.3 is 5.32 Å². The highest BCUT2D eigenvalue weighted by Gasteiger charge is 2.22. The largest absolute Gasteiger partial charge is 0.381 e. The van der Waals surface area contributed by atoms with Crippen LogP contribution in [0.4, 0.5) is 10.1 Å². The first-order chi connectivity index (χ1) is 8.08. The van der Waals surface area contributed by atoms with Gasteiger partial charge in [0.25, 0.3) is 0 Å². The normalized spacial score (nSPS) is 24.7. The van der Waals surface area contributed by atoms with Gasteiger partial charge in [-0.1, -0.05) is 6.92 Å². The van der Waals surface area contributed by atoms with Crippen molar-refractivity contribution in [1.82, 2.24) is 0 Å². The highest BCUT2D eigenvalue weighted by molar-refractivity contribution is 9.10. The van der Waals surface area contributed by atoms with Gasteiger partial charge in [-0.05, 0) is 59.1 Å². The van der Waals surface area contributed by atoms with Gasteiger partial charge in [-0.25, -0.2) is 4.39 Å². The predicted molar refractivity (Wildman–Crippen MR) is 77.4 cm³/mol. The fourth-order valence-electron chi connectivity index (χ4n) is 2.11. The highest BCUT2D eigenvalue weighted by Crippen LogP contribution is 2.30. The molecule has 1 aromatic carbocycles. The summed E-state index contributed by atoms with van der Waals surface area (Å²) in [6.07, 6.45) is 2.41. The van der Waals surface area contributed by atoms with Gasteiger partial charge in [0, 0.05) is 17.0 Å². The Kier molecular flexibility index (Phi) is 4.36. The van der Waals surface area contributed by atoms with E-state index in [0.29, 0.717) is 15.8 Å². The number of nitrogens with one attached hydrogen (secondary N) is 1. The van der Waals surface area contributed by atoms with Crippen LogP contribution >= 0.6 is 27.7 Å². The van der Waals surface area contributed by atoms with Crippen LogP contribution in [0.15, 0.2) is 16.6 Å². The molecule has 1 N–H and O–H groups in total. The number of hydrogen-bond acceptors (Lipinski definition) is 2. The van der Waals surface area contributed by atoms with Crippen molar-refractivity contribution in [2.75, 3.05) is 11.1 Å². The van der Waals surface area contributed by atoms with Crippen LogP contribution in [-0.4, -0.2) is 17.0 Å². The SMILES string of the molecule is Cc1cc(Br)c(F)cc1NC1CCCSC1C. The van der Waals surface area contributed by atoms with Crippen molar-refractivity contribution in [2.24, 2.45) is 0 Å². The maximum atomic E-state index is 13.5. The quantitative estimate of drug-likeness (QED) is 0.856. The lowest BCUT2D eigenvalue weighted by atomic mass is 10.1. The molecular weight excluding hydrogens is 301 g/mol. The Hall–Kier alpha value is -0.220. The van der Waals surface area contributed by atoms with Crippen molar-refractivity contribution in [1.29, 1.82) is 0 Å². The number of thioether (sulfide) groups is 1. The summed E-state index contributed by atoms with van der Waals surface area (Å²) in [5.74, 6) is 1.04. The topological polar surface area (TPSA) is 12.0 Å². The van der Waals surface area contributed by atoms with Crippen molar-refractivity contribution in [3.05, 3.63) is 28.0 Å². The third-order valence-corrected chi connectivity index (χ3v) is 5.20. The van der Waals surface area contributed by atoms with Crippen LogP contribution in [0.2, 0.25) is 0 Å². The predicted octanol–water partition coefficient (Wildman–Crippen LogP) is 4.59. The first-order valence-electron chi connectivity index (χ1n) is 5.91. The van der Waals surface area contributed by atoms with E-state index in [2.05, 4.69) is 28.2 Å². The molecular formula is C13H17BrFNS. The van der Waals surface area contributed by atoms with Crippen molar-refractivity contribution in [3.63, 3.8) is 0 Å². The Labute approximate surface area is 115 Å². The summed E-state index contributed by atoms with van der Waals surface area (Å²) in [4.78, 5) is 0. The van der Waals surface area contributed by atoms with Crippen molar-refractivity contribution in [3.8, 4) is 0 Å². The smallest absolute Gasteiger partial charge is 0.139 e. The van der Waals surface area contributed by atoms with Crippen LogP contribution in [0.25, 0.3) is 0 Å². The molecule has 0 aromatic heterocycles. The van der Waals surface area contributed by atoms with E-state index in [1.165, 1.54) is 18.6 Å². The van der Waals surface area contributed by atoms with Gasteiger partial charge in [0.15, 0.2) is 0 Å². The second-order valence-corrected chi connectivity index (χ2v) is 6.89. The summed E-state index contributed by atoms with van der Waals surface area (Å²) in [5.41, 5.74) is 2.01. The molecule has 1 aliphatic rings. The molecule has 0 radical (unpaired) electrons. The molecule has 0 amide bonds. The van der Waals surface area contributed by atoms with E-state index in [1.54, 1.807) is 6.07 Å². The van der Waals surface area contributed by atoms with E-state index in [0.717, 1.165) is 11.3 Å². The van der Waals surface area contributed by atoms with E-state index < -0.39 is 0 Å². The first-order valence-corrected chi connectivity index (χ1v) is 7.76. The lowest BCUT2D eigenvalue weighted by molar-refractivity contribution is 0.608. The van der Waals surface area contributed by atoms with Gasteiger partial charge >= 0.3 is 0 Å². The van der Waals surface area contributed by atoms with Gasteiger partial charge in [0.2, 0.25) is 0 Å². The Bertz CT molecular complexity index is 411. The third kappa shape index (κ3) is 3.16. The lowest BCUT2D eigenvalue weighted by Crippen LogP contribution is -2.33. The first kappa shape index (κ1) is 13.2. The number of anilines is 1. The Balaban J connectivity index is 2.15.